The summed E-state index contributed by atoms with van der Waals surface area (Å²) in [6.45, 7) is 4.23. The molecule has 0 atom stereocenters. The van der Waals surface area contributed by atoms with Gasteiger partial charge in [0.1, 0.15) is 5.82 Å². The average Bonchev–Trinajstić information content (AvgIpc) is 3.42. The van der Waals surface area contributed by atoms with Gasteiger partial charge < -0.3 is 15.0 Å². The third kappa shape index (κ3) is 5.77. The summed E-state index contributed by atoms with van der Waals surface area (Å²) in [5, 5.41) is 23.2. The topological polar surface area (TPSA) is 100 Å². The first-order valence-corrected chi connectivity index (χ1v) is 12.4. The predicted octanol–water partition coefficient (Wildman–Crippen LogP) is 3.48. The summed E-state index contributed by atoms with van der Waals surface area (Å²) in [4.78, 5) is 24.1. The predicted molar refractivity (Wildman–Crippen MR) is 118 cm³/mol. The number of aliphatic carboxylic acids is 1. The van der Waals surface area contributed by atoms with E-state index in [2.05, 4.69) is 41.8 Å². The van der Waals surface area contributed by atoms with Gasteiger partial charge in [-0.2, -0.15) is 24.5 Å². The zero-order valence-electron chi connectivity index (χ0n) is 18.7. The molecular weight excluding hydrogens is 471 g/mol. The van der Waals surface area contributed by atoms with Crippen LogP contribution in [0.1, 0.15) is 60.5 Å². The summed E-state index contributed by atoms with van der Waals surface area (Å²) < 4.78 is 33.9. The monoisotopic (exact) mass is 499 g/mol. The Morgan fingerprint density at radius 3 is 2.47 bits per heavy atom. The number of hydrogen-bond acceptors (Lipinski definition) is 6. The Morgan fingerprint density at radius 2 is 1.91 bits per heavy atom. The van der Waals surface area contributed by atoms with Crippen molar-refractivity contribution in [2.75, 3.05) is 13.1 Å². The number of piperidine rings is 1. The molecule has 1 aliphatic carbocycles. The van der Waals surface area contributed by atoms with Gasteiger partial charge in [-0.25, -0.2) is 4.79 Å². The van der Waals surface area contributed by atoms with E-state index in [0.29, 0.717) is 17.3 Å². The minimum absolute atomic E-state index is 0.0367. The van der Waals surface area contributed by atoms with Crippen molar-refractivity contribution in [2.45, 2.75) is 70.3 Å². The van der Waals surface area contributed by atoms with Gasteiger partial charge in [0.25, 0.3) is 5.91 Å². The number of rotatable bonds is 4. The summed E-state index contributed by atoms with van der Waals surface area (Å²) in [7, 11) is 0. The summed E-state index contributed by atoms with van der Waals surface area (Å²) in [6.07, 6.45) is 2.81. The lowest BCUT2D eigenvalue weighted by atomic mass is 9.73. The molecule has 8 nitrogen and oxygen atoms in total. The Morgan fingerprint density at radius 1 is 1.21 bits per heavy atom. The summed E-state index contributed by atoms with van der Waals surface area (Å²) in [6, 6.07) is 2.56. The number of thiophene rings is 1. The third-order valence-electron chi connectivity index (χ3n) is 6.99. The van der Waals surface area contributed by atoms with Crippen LogP contribution in [-0.2, 0) is 24.3 Å². The number of nitrogens with one attached hydrogen (secondary N) is 1. The van der Waals surface area contributed by atoms with Crippen LogP contribution in [0.3, 0.4) is 0 Å². The molecule has 3 aliphatic rings. The number of carbonyl (C=O) groups excluding carboxylic acids is 1. The van der Waals surface area contributed by atoms with Crippen LogP contribution < -0.4 is 5.32 Å². The van der Waals surface area contributed by atoms with Crippen LogP contribution in [-0.4, -0.2) is 62.0 Å². The molecule has 1 amide bonds. The van der Waals surface area contributed by atoms with E-state index in [1.165, 1.54) is 31.2 Å². The summed E-state index contributed by atoms with van der Waals surface area (Å²) in [5.41, 5.74) is 1.72. The van der Waals surface area contributed by atoms with Crippen LogP contribution in [0.5, 0.6) is 0 Å². The maximum absolute atomic E-state index is 12.6. The van der Waals surface area contributed by atoms with E-state index in [-0.39, 0.29) is 5.91 Å². The van der Waals surface area contributed by atoms with Gasteiger partial charge in [0, 0.05) is 25.6 Å². The summed E-state index contributed by atoms with van der Waals surface area (Å²) in [5.74, 6) is -1.28. The second-order valence-electron chi connectivity index (χ2n) is 9.34. The molecule has 1 spiro atoms. The van der Waals surface area contributed by atoms with E-state index in [9.17, 15) is 18.0 Å². The Hall–Kier alpha value is -2.47. The molecule has 0 radical (unpaired) electrons. The summed E-state index contributed by atoms with van der Waals surface area (Å²) >= 11 is 1.78. The van der Waals surface area contributed by atoms with E-state index in [1.807, 2.05) is 0 Å². The molecule has 5 rings (SSSR count). The van der Waals surface area contributed by atoms with Gasteiger partial charge in [0.05, 0.1) is 0 Å². The highest BCUT2D eigenvalue weighted by Crippen LogP contribution is 2.41. The maximum Gasteiger partial charge on any atom is 0.490 e. The smallest absolute Gasteiger partial charge is 0.475 e. The van der Waals surface area contributed by atoms with E-state index in [4.69, 9.17) is 9.90 Å². The molecule has 0 bridgehead atoms. The third-order valence-corrected chi connectivity index (χ3v) is 7.72. The largest absolute Gasteiger partial charge is 0.490 e. The minimum Gasteiger partial charge on any atom is -0.475 e. The van der Waals surface area contributed by atoms with Crippen molar-refractivity contribution in [3.63, 3.8) is 0 Å². The van der Waals surface area contributed by atoms with Crippen LogP contribution in [0.2, 0.25) is 0 Å². The Balaban J connectivity index is 0.000000344. The number of carboxylic acids is 1. The van der Waals surface area contributed by atoms with E-state index >= 15 is 0 Å². The zero-order valence-corrected chi connectivity index (χ0v) is 19.5. The molecular formula is C22H28F3N5O3S. The second-order valence-corrected chi connectivity index (χ2v) is 10.1. The highest BCUT2D eigenvalue weighted by atomic mass is 32.1. The first kappa shape index (κ1) is 24.6. The number of alkyl halides is 3. The molecule has 0 unspecified atom stereocenters. The quantitative estimate of drug-likeness (QED) is 0.668. The number of amides is 1. The fraction of sp³-hybridized carbons (Fsp3) is 0.636. The van der Waals surface area contributed by atoms with Crippen LogP contribution in [0.15, 0.2) is 16.8 Å². The van der Waals surface area contributed by atoms with Crippen molar-refractivity contribution in [1.82, 2.24) is 25.0 Å². The van der Waals surface area contributed by atoms with Crippen molar-refractivity contribution in [3.05, 3.63) is 34.0 Å². The van der Waals surface area contributed by atoms with Crippen molar-refractivity contribution in [2.24, 2.45) is 5.41 Å². The Kier molecular flexibility index (Phi) is 7.27. The van der Waals surface area contributed by atoms with E-state index in [0.717, 1.165) is 51.3 Å². The van der Waals surface area contributed by atoms with Crippen molar-refractivity contribution >= 4 is 23.2 Å². The molecule has 2 aromatic rings. The minimum atomic E-state index is -5.08. The molecule has 2 aromatic heterocycles. The SMILES string of the molecule is O=C(NC1CCC1)c1nnc2n1CC1(CC2)CCN(Cc2ccsc2)CC1.O=C(O)C(F)(F)F. The number of halogens is 3. The number of aryl methyl sites for hydroxylation is 1. The highest BCUT2D eigenvalue weighted by Gasteiger charge is 2.40. The first-order chi connectivity index (χ1) is 16.2. The van der Waals surface area contributed by atoms with Gasteiger partial charge in [0.15, 0.2) is 0 Å². The van der Waals surface area contributed by atoms with Crippen LogP contribution >= 0.6 is 11.3 Å². The van der Waals surface area contributed by atoms with Crippen molar-refractivity contribution < 1.29 is 27.9 Å². The van der Waals surface area contributed by atoms with Crippen molar-refractivity contribution in [3.8, 4) is 0 Å². The number of hydrogen-bond donors (Lipinski definition) is 2. The highest BCUT2D eigenvalue weighted by molar-refractivity contribution is 7.07. The molecule has 12 heteroatoms. The van der Waals surface area contributed by atoms with E-state index in [1.54, 1.807) is 11.3 Å². The van der Waals surface area contributed by atoms with Gasteiger partial charge in [-0.15, -0.1) is 10.2 Å². The average molecular weight is 500 g/mol. The number of aromatic nitrogens is 3. The molecule has 2 fully saturated rings. The van der Waals surface area contributed by atoms with Crippen LogP contribution in [0.4, 0.5) is 13.2 Å². The number of carbonyl (C=O) groups is 2. The maximum atomic E-state index is 12.6. The molecule has 186 valence electrons. The molecule has 2 N–H and O–H groups in total. The molecule has 4 heterocycles. The molecule has 1 saturated heterocycles. The fourth-order valence-electron chi connectivity index (χ4n) is 4.68. The molecule has 34 heavy (non-hydrogen) atoms. The number of fused-ring (bicyclic) bond motifs is 1. The van der Waals surface area contributed by atoms with Crippen LogP contribution in [0.25, 0.3) is 0 Å². The Bertz CT molecular complexity index is 996. The van der Waals surface area contributed by atoms with Gasteiger partial charge in [0.2, 0.25) is 5.82 Å². The van der Waals surface area contributed by atoms with Gasteiger partial charge >= 0.3 is 12.1 Å². The molecule has 0 aromatic carbocycles. The lowest BCUT2D eigenvalue weighted by Gasteiger charge is -2.44. The van der Waals surface area contributed by atoms with Gasteiger partial charge in [-0.05, 0) is 79.4 Å². The number of nitrogens with zero attached hydrogens (tertiary/aromatic N) is 4. The fourth-order valence-corrected chi connectivity index (χ4v) is 5.34. The lowest BCUT2D eigenvalue weighted by molar-refractivity contribution is -0.192. The Labute approximate surface area is 199 Å². The van der Waals surface area contributed by atoms with Gasteiger partial charge in [-0.1, -0.05) is 0 Å². The standard InChI is InChI=1S/C20H27N5OS.C2HF3O2/c26-19(21-16-2-1-3-16)18-23-22-17-4-6-20(14-25(17)18)7-9-24(10-8-20)12-15-5-11-27-13-15;3-2(4,5)1(6)7/h5,11,13,16H,1-4,6-10,12,14H2,(H,21,26);(H,6,7). The lowest BCUT2D eigenvalue weighted by Crippen LogP contribution is -2.45. The zero-order chi connectivity index (χ0) is 24.3. The van der Waals surface area contributed by atoms with Gasteiger partial charge in [-0.3, -0.25) is 9.69 Å². The second kappa shape index (κ2) is 10.0. The van der Waals surface area contributed by atoms with Crippen LogP contribution in [0, 0.1) is 5.41 Å². The first-order valence-electron chi connectivity index (χ1n) is 11.4. The van der Waals surface area contributed by atoms with Crippen molar-refractivity contribution in [1.29, 1.82) is 0 Å². The normalized spacial score (nSPS) is 20.1. The van der Waals surface area contributed by atoms with E-state index < -0.39 is 12.1 Å². The number of likely N-dealkylation sites (tertiary alicyclic amines) is 1. The number of carboxylic acid groups (broad SMARTS) is 1. The molecule has 2 aliphatic heterocycles. The molecule has 1 saturated carbocycles.